The molecule has 0 saturated carbocycles. The van der Waals surface area contributed by atoms with E-state index in [1.807, 2.05) is 0 Å². The van der Waals surface area contributed by atoms with Crippen LogP contribution in [-0.2, 0) is 14.8 Å². The number of piperidine rings is 1. The second kappa shape index (κ2) is 6.56. The molecule has 17 heavy (non-hydrogen) atoms. The van der Waals surface area contributed by atoms with Crippen molar-refractivity contribution < 1.29 is 13.2 Å². The Hall–Kier alpha value is -0.330. The SMILES string of the molecule is CC(=O)NC1CCCN(S(=O)(=O)CCCCl)C1. The number of rotatable bonds is 5. The normalized spacial score (nSPS) is 22.4. The first kappa shape index (κ1) is 14.7. The van der Waals surface area contributed by atoms with Crippen LogP contribution >= 0.6 is 11.6 Å². The number of halogens is 1. The zero-order valence-corrected chi connectivity index (χ0v) is 11.6. The number of hydrogen-bond donors (Lipinski definition) is 1. The summed E-state index contributed by atoms with van der Waals surface area (Å²) in [5.41, 5.74) is 0. The Balaban J connectivity index is 2.56. The van der Waals surface area contributed by atoms with Crippen LogP contribution in [0.15, 0.2) is 0 Å². The molecule has 0 aromatic rings. The number of carbonyl (C=O) groups excluding carboxylic acids is 1. The van der Waals surface area contributed by atoms with Gasteiger partial charge in [0.25, 0.3) is 0 Å². The zero-order chi connectivity index (χ0) is 12.9. The molecule has 1 fully saturated rings. The second-order valence-electron chi connectivity index (χ2n) is 4.26. The van der Waals surface area contributed by atoms with E-state index in [1.165, 1.54) is 11.2 Å². The Morgan fingerprint density at radius 1 is 1.53 bits per heavy atom. The molecule has 1 aliphatic heterocycles. The lowest BCUT2D eigenvalue weighted by Gasteiger charge is -2.32. The Morgan fingerprint density at radius 2 is 2.24 bits per heavy atom. The van der Waals surface area contributed by atoms with Gasteiger partial charge in [-0.05, 0) is 19.3 Å². The Morgan fingerprint density at radius 3 is 2.82 bits per heavy atom. The molecule has 1 atom stereocenters. The summed E-state index contributed by atoms with van der Waals surface area (Å²) in [5, 5.41) is 2.77. The van der Waals surface area contributed by atoms with Crippen molar-refractivity contribution in [3.8, 4) is 0 Å². The Labute approximate surface area is 108 Å². The second-order valence-corrected chi connectivity index (χ2v) is 6.72. The molecule has 100 valence electrons. The minimum absolute atomic E-state index is 0.0629. The van der Waals surface area contributed by atoms with Gasteiger partial charge in [0, 0.05) is 31.9 Å². The summed E-state index contributed by atoms with van der Waals surface area (Å²) in [6.45, 7) is 2.37. The summed E-state index contributed by atoms with van der Waals surface area (Å²) in [6.07, 6.45) is 2.08. The van der Waals surface area contributed by atoms with Gasteiger partial charge in [-0.25, -0.2) is 8.42 Å². The van der Waals surface area contributed by atoms with Gasteiger partial charge in [0.2, 0.25) is 15.9 Å². The molecule has 5 nitrogen and oxygen atoms in total. The zero-order valence-electron chi connectivity index (χ0n) is 9.99. The highest BCUT2D eigenvalue weighted by Crippen LogP contribution is 2.15. The molecular formula is C10H19ClN2O3S. The van der Waals surface area contributed by atoms with Crippen molar-refractivity contribution in [1.82, 2.24) is 9.62 Å². The number of alkyl halides is 1. The predicted octanol–water partition coefficient (Wildman–Crippen LogP) is 0.546. The summed E-state index contributed by atoms with van der Waals surface area (Å²) >= 11 is 5.50. The van der Waals surface area contributed by atoms with Crippen molar-refractivity contribution in [2.75, 3.05) is 24.7 Å². The highest BCUT2D eigenvalue weighted by atomic mass is 35.5. The van der Waals surface area contributed by atoms with E-state index in [1.54, 1.807) is 0 Å². The van der Waals surface area contributed by atoms with Crippen LogP contribution in [-0.4, -0.2) is 49.4 Å². The summed E-state index contributed by atoms with van der Waals surface area (Å²) in [4.78, 5) is 10.9. The summed E-state index contributed by atoms with van der Waals surface area (Å²) < 4.78 is 25.3. The topological polar surface area (TPSA) is 66.5 Å². The fraction of sp³-hybridized carbons (Fsp3) is 0.900. The highest BCUT2D eigenvalue weighted by molar-refractivity contribution is 7.89. The van der Waals surface area contributed by atoms with E-state index < -0.39 is 10.0 Å². The lowest BCUT2D eigenvalue weighted by molar-refractivity contribution is -0.119. The summed E-state index contributed by atoms with van der Waals surface area (Å²) in [6, 6.07) is -0.0629. The number of sulfonamides is 1. The Bertz CT molecular complexity index is 359. The molecule has 0 aromatic heterocycles. The first-order chi connectivity index (χ1) is 7.95. The highest BCUT2D eigenvalue weighted by Gasteiger charge is 2.28. The number of carbonyl (C=O) groups is 1. The van der Waals surface area contributed by atoms with E-state index in [4.69, 9.17) is 11.6 Å². The van der Waals surface area contributed by atoms with E-state index >= 15 is 0 Å². The van der Waals surface area contributed by atoms with E-state index in [0.717, 1.165) is 12.8 Å². The van der Waals surface area contributed by atoms with E-state index in [-0.39, 0.29) is 17.7 Å². The summed E-state index contributed by atoms with van der Waals surface area (Å²) in [7, 11) is -3.22. The fourth-order valence-corrected chi connectivity index (χ4v) is 3.84. The minimum Gasteiger partial charge on any atom is -0.352 e. The molecule has 0 radical (unpaired) electrons. The maximum absolute atomic E-state index is 11.9. The van der Waals surface area contributed by atoms with Gasteiger partial charge in [0.1, 0.15) is 0 Å². The molecule has 0 bridgehead atoms. The largest absolute Gasteiger partial charge is 0.352 e. The third kappa shape index (κ3) is 4.81. The third-order valence-corrected chi connectivity index (χ3v) is 4.91. The minimum atomic E-state index is -3.22. The van der Waals surface area contributed by atoms with Crippen LogP contribution in [0.3, 0.4) is 0 Å². The molecule has 0 spiro atoms. The first-order valence-electron chi connectivity index (χ1n) is 5.76. The van der Waals surface area contributed by atoms with Crippen molar-refractivity contribution in [2.45, 2.75) is 32.2 Å². The molecule has 1 heterocycles. The fourth-order valence-electron chi connectivity index (χ4n) is 1.97. The lowest BCUT2D eigenvalue weighted by Crippen LogP contribution is -2.49. The quantitative estimate of drug-likeness (QED) is 0.749. The van der Waals surface area contributed by atoms with Crippen LogP contribution in [0, 0.1) is 0 Å². The van der Waals surface area contributed by atoms with E-state index in [9.17, 15) is 13.2 Å². The van der Waals surface area contributed by atoms with Gasteiger partial charge in [0.05, 0.1) is 5.75 Å². The third-order valence-electron chi connectivity index (χ3n) is 2.72. The van der Waals surface area contributed by atoms with Gasteiger partial charge in [-0.2, -0.15) is 4.31 Å². The number of nitrogens with zero attached hydrogens (tertiary/aromatic N) is 1. The van der Waals surface area contributed by atoms with Crippen molar-refractivity contribution in [1.29, 1.82) is 0 Å². The molecule has 1 saturated heterocycles. The van der Waals surface area contributed by atoms with Crippen LogP contribution in [0.5, 0.6) is 0 Å². The smallest absolute Gasteiger partial charge is 0.217 e. The van der Waals surface area contributed by atoms with Crippen molar-refractivity contribution in [2.24, 2.45) is 0 Å². The van der Waals surface area contributed by atoms with Gasteiger partial charge >= 0.3 is 0 Å². The molecule has 1 unspecified atom stereocenters. The molecule has 1 N–H and O–H groups in total. The number of hydrogen-bond acceptors (Lipinski definition) is 3. The average Bonchev–Trinajstić information content (AvgIpc) is 2.26. The Kier molecular flexibility index (Phi) is 5.69. The molecule has 1 rings (SSSR count). The van der Waals surface area contributed by atoms with Gasteiger partial charge in [-0.15, -0.1) is 11.6 Å². The number of nitrogens with one attached hydrogen (secondary N) is 1. The van der Waals surface area contributed by atoms with Crippen LogP contribution < -0.4 is 5.32 Å². The average molecular weight is 283 g/mol. The van der Waals surface area contributed by atoms with E-state index in [2.05, 4.69) is 5.32 Å². The van der Waals surface area contributed by atoms with Gasteiger partial charge < -0.3 is 5.32 Å². The number of amides is 1. The van der Waals surface area contributed by atoms with Crippen LogP contribution in [0.4, 0.5) is 0 Å². The van der Waals surface area contributed by atoms with Crippen LogP contribution in [0.25, 0.3) is 0 Å². The van der Waals surface area contributed by atoms with E-state index in [0.29, 0.717) is 25.4 Å². The predicted molar refractivity (Wildman–Crippen MR) is 67.5 cm³/mol. The van der Waals surface area contributed by atoms with Gasteiger partial charge in [-0.3, -0.25) is 4.79 Å². The molecule has 7 heteroatoms. The van der Waals surface area contributed by atoms with Crippen molar-refractivity contribution in [3.05, 3.63) is 0 Å². The lowest BCUT2D eigenvalue weighted by atomic mass is 10.1. The van der Waals surface area contributed by atoms with Gasteiger partial charge in [-0.1, -0.05) is 0 Å². The molecule has 1 amide bonds. The maximum Gasteiger partial charge on any atom is 0.217 e. The van der Waals surface area contributed by atoms with Crippen LogP contribution in [0.2, 0.25) is 0 Å². The molecular weight excluding hydrogens is 264 g/mol. The monoisotopic (exact) mass is 282 g/mol. The standard InChI is InChI=1S/C10H19ClN2O3S/c1-9(14)12-10-4-2-6-13(8-10)17(15,16)7-3-5-11/h10H,2-8H2,1H3,(H,12,14). The van der Waals surface area contributed by atoms with Crippen LogP contribution in [0.1, 0.15) is 26.2 Å². The van der Waals surface area contributed by atoms with Gasteiger partial charge in [0.15, 0.2) is 0 Å². The maximum atomic E-state index is 11.9. The first-order valence-corrected chi connectivity index (χ1v) is 7.91. The molecule has 0 aliphatic carbocycles. The summed E-state index contributed by atoms with van der Waals surface area (Å²) in [5.74, 6) is 0.320. The molecule has 0 aromatic carbocycles. The van der Waals surface area contributed by atoms with Crippen molar-refractivity contribution >= 4 is 27.5 Å². The van der Waals surface area contributed by atoms with Crippen molar-refractivity contribution in [3.63, 3.8) is 0 Å². The molecule has 1 aliphatic rings.